The van der Waals surface area contributed by atoms with Crippen molar-refractivity contribution in [1.29, 1.82) is 0 Å². The summed E-state index contributed by atoms with van der Waals surface area (Å²) in [5.41, 5.74) is 0. The minimum atomic E-state index is -0.466. The fourth-order valence-electron chi connectivity index (χ4n) is 2.56. The van der Waals surface area contributed by atoms with E-state index in [1.54, 1.807) is 7.11 Å². The number of nitrogens with one attached hydrogen (secondary N) is 1. The first kappa shape index (κ1) is 14.7. The number of rotatable bonds is 6. The lowest BCUT2D eigenvalue weighted by Gasteiger charge is -2.21. The van der Waals surface area contributed by atoms with Crippen LogP contribution in [0.15, 0.2) is 24.3 Å². The molecule has 0 saturated heterocycles. The maximum absolute atomic E-state index is 12.3. The molecule has 0 spiro atoms. The van der Waals surface area contributed by atoms with Gasteiger partial charge in [-0.1, -0.05) is 31.9 Å². The molecule has 0 radical (unpaired) electrons. The van der Waals surface area contributed by atoms with Crippen LogP contribution in [-0.2, 0) is 4.79 Å². The lowest BCUT2D eigenvalue weighted by molar-refractivity contribution is -0.128. The second-order valence-corrected chi connectivity index (χ2v) is 5.16. The molecule has 1 aromatic carbocycles. The molecule has 4 nitrogen and oxygen atoms in total. The Hall–Kier alpha value is -1.71. The van der Waals surface area contributed by atoms with Crippen molar-refractivity contribution >= 4 is 5.91 Å². The van der Waals surface area contributed by atoms with Crippen molar-refractivity contribution in [2.45, 2.75) is 51.2 Å². The minimum Gasteiger partial charge on any atom is -0.493 e. The van der Waals surface area contributed by atoms with Gasteiger partial charge in [0.1, 0.15) is 0 Å². The molecule has 1 aromatic rings. The molecule has 0 unspecified atom stereocenters. The number of amides is 1. The van der Waals surface area contributed by atoms with Gasteiger partial charge >= 0.3 is 0 Å². The average Bonchev–Trinajstić information content (AvgIpc) is 2.97. The fourth-order valence-corrected chi connectivity index (χ4v) is 2.56. The first-order valence-electron chi connectivity index (χ1n) is 7.34. The first-order chi connectivity index (χ1) is 9.74. The van der Waals surface area contributed by atoms with Crippen LogP contribution in [0.3, 0.4) is 0 Å². The van der Waals surface area contributed by atoms with Crippen LogP contribution in [0.2, 0.25) is 0 Å². The highest BCUT2D eigenvalue weighted by molar-refractivity contribution is 5.81. The van der Waals surface area contributed by atoms with Crippen molar-refractivity contribution < 1.29 is 14.3 Å². The molecule has 1 fully saturated rings. The molecule has 0 aliphatic heterocycles. The summed E-state index contributed by atoms with van der Waals surface area (Å²) in [4.78, 5) is 12.3. The van der Waals surface area contributed by atoms with Crippen molar-refractivity contribution in [2.75, 3.05) is 7.11 Å². The third kappa shape index (κ3) is 3.65. The molecule has 2 rings (SSSR count). The number of para-hydroxylation sites is 2. The number of carbonyl (C=O) groups excluding carboxylic acids is 1. The molecule has 1 atom stereocenters. The minimum absolute atomic E-state index is 0.0229. The van der Waals surface area contributed by atoms with Gasteiger partial charge in [0.2, 0.25) is 0 Å². The van der Waals surface area contributed by atoms with E-state index in [4.69, 9.17) is 9.47 Å². The van der Waals surface area contributed by atoms with E-state index >= 15 is 0 Å². The molecule has 0 heterocycles. The Kier molecular flexibility index (Phi) is 5.27. The van der Waals surface area contributed by atoms with Gasteiger partial charge in [0.15, 0.2) is 17.6 Å². The largest absolute Gasteiger partial charge is 0.493 e. The Labute approximate surface area is 120 Å². The van der Waals surface area contributed by atoms with E-state index in [2.05, 4.69) is 5.32 Å². The predicted molar refractivity (Wildman–Crippen MR) is 78.1 cm³/mol. The maximum atomic E-state index is 12.3. The smallest absolute Gasteiger partial charge is 0.261 e. The zero-order valence-electron chi connectivity index (χ0n) is 12.2. The van der Waals surface area contributed by atoms with Crippen molar-refractivity contribution in [2.24, 2.45) is 0 Å². The number of benzene rings is 1. The summed E-state index contributed by atoms with van der Waals surface area (Å²) in [7, 11) is 1.60. The van der Waals surface area contributed by atoms with Crippen molar-refractivity contribution in [3.05, 3.63) is 24.3 Å². The third-order valence-electron chi connectivity index (χ3n) is 3.70. The van der Waals surface area contributed by atoms with Crippen LogP contribution in [0, 0.1) is 0 Å². The predicted octanol–water partition coefficient (Wildman–Crippen LogP) is 2.91. The lowest BCUT2D eigenvalue weighted by Crippen LogP contribution is -2.42. The summed E-state index contributed by atoms with van der Waals surface area (Å²) >= 11 is 0. The number of hydrogen-bond donors (Lipinski definition) is 1. The number of hydrogen-bond acceptors (Lipinski definition) is 3. The lowest BCUT2D eigenvalue weighted by atomic mass is 10.2. The number of methoxy groups -OCH3 is 1. The molecule has 0 aromatic heterocycles. The van der Waals surface area contributed by atoms with Crippen LogP contribution in [0.5, 0.6) is 11.5 Å². The van der Waals surface area contributed by atoms with Crippen LogP contribution in [0.1, 0.15) is 39.0 Å². The van der Waals surface area contributed by atoms with E-state index in [1.165, 1.54) is 12.8 Å². The van der Waals surface area contributed by atoms with Crippen LogP contribution in [0.4, 0.5) is 0 Å². The van der Waals surface area contributed by atoms with Gasteiger partial charge in [-0.2, -0.15) is 0 Å². The number of carbonyl (C=O) groups is 1. The van der Waals surface area contributed by atoms with E-state index in [0.717, 1.165) is 12.8 Å². The Morgan fingerprint density at radius 3 is 2.55 bits per heavy atom. The topological polar surface area (TPSA) is 47.6 Å². The molecule has 110 valence electrons. The Morgan fingerprint density at radius 2 is 1.95 bits per heavy atom. The zero-order valence-corrected chi connectivity index (χ0v) is 12.2. The van der Waals surface area contributed by atoms with E-state index < -0.39 is 6.10 Å². The second kappa shape index (κ2) is 7.17. The van der Waals surface area contributed by atoms with E-state index in [1.807, 2.05) is 31.2 Å². The highest BCUT2D eigenvalue weighted by atomic mass is 16.5. The van der Waals surface area contributed by atoms with Gasteiger partial charge in [-0.25, -0.2) is 0 Å². The van der Waals surface area contributed by atoms with Gasteiger partial charge in [-0.3, -0.25) is 4.79 Å². The highest BCUT2D eigenvalue weighted by Crippen LogP contribution is 2.27. The summed E-state index contributed by atoms with van der Waals surface area (Å²) in [6.07, 6.45) is 4.74. The van der Waals surface area contributed by atoms with Crippen molar-refractivity contribution in [3.63, 3.8) is 0 Å². The van der Waals surface area contributed by atoms with Crippen LogP contribution in [-0.4, -0.2) is 25.2 Å². The Balaban J connectivity index is 1.98. The first-order valence-corrected chi connectivity index (χ1v) is 7.34. The molecule has 20 heavy (non-hydrogen) atoms. The summed E-state index contributed by atoms with van der Waals surface area (Å²) in [5.74, 6) is 1.24. The van der Waals surface area contributed by atoms with Crippen LogP contribution >= 0.6 is 0 Å². The molecule has 1 aliphatic rings. The van der Waals surface area contributed by atoms with Gasteiger partial charge < -0.3 is 14.8 Å². The SMILES string of the molecule is CC[C@@H](Oc1ccccc1OC)C(=O)NC1CCCC1. The van der Waals surface area contributed by atoms with Crippen LogP contribution in [0.25, 0.3) is 0 Å². The third-order valence-corrected chi connectivity index (χ3v) is 3.70. The Bertz CT molecular complexity index is 441. The quantitative estimate of drug-likeness (QED) is 0.869. The van der Waals surface area contributed by atoms with E-state index in [9.17, 15) is 4.79 Å². The molecule has 1 aliphatic carbocycles. The molecule has 1 N–H and O–H groups in total. The van der Waals surface area contributed by atoms with Crippen molar-refractivity contribution in [3.8, 4) is 11.5 Å². The van der Waals surface area contributed by atoms with Gasteiger partial charge in [0.05, 0.1) is 7.11 Å². The number of ether oxygens (including phenoxy) is 2. The normalized spacial score (nSPS) is 16.7. The fraction of sp³-hybridized carbons (Fsp3) is 0.562. The summed E-state index contributed by atoms with van der Waals surface area (Å²) in [5, 5.41) is 3.08. The molecule has 4 heteroatoms. The highest BCUT2D eigenvalue weighted by Gasteiger charge is 2.24. The maximum Gasteiger partial charge on any atom is 0.261 e. The van der Waals surface area contributed by atoms with E-state index in [0.29, 0.717) is 24.0 Å². The van der Waals surface area contributed by atoms with Crippen LogP contribution < -0.4 is 14.8 Å². The zero-order chi connectivity index (χ0) is 14.4. The van der Waals surface area contributed by atoms with Crippen molar-refractivity contribution in [1.82, 2.24) is 5.32 Å². The molecule has 1 amide bonds. The van der Waals surface area contributed by atoms with Gasteiger partial charge in [0.25, 0.3) is 5.91 Å². The van der Waals surface area contributed by atoms with Gasteiger partial charge in [-0.05, 0) is 31.4 Å². The molecular formula is C16H23NO3. The summed E-state index contributed by atoms with van der Waals surface area (Å²) < 4.78 is 11.1. The second-order valence-electron chi connectivity index (χ2n) is 5.16. The summed E-state index contributed by atoms with van der Waals surface area (Å²) in [6, 6.07) is 7.73. The monoisotopic (exact) mass is 277 g/mol. The average molecular weight is 277 g/mol. The van der Waals surface area contributed by atoms with Gasteiger partial charge in [-0.15, -0.1) is 0 Å². The standard InChI is InChI=1S/C16H23NO3/c1-3-13(16(18)17-12-8-4-5-9-12)20-15-11-7-6-10-14(15)19-2/h6-7,10-13H,3-5,8-9H2,1-2H3,(H,17,18)/t13-/m1/s1. The molecular weight excluding hydrogens is 254 g/mol. The van der Waals surface area contributed by atoms with Gasteiger partial charge in [0, 0.05) is 6.04 Å². The van der Waals surface area contributed by atoms with E-state index in [-0.39, 0.29) is 5.91 Å². The molecule has 1 saturated carbocycles. The Morgan fingerprint density at radius 1 is 1.30 bits per heavy atom. The summed E-state index contributed by atoms with van der Waals surface area (Å²) in [6.45, 7) is 1.95. The molecule has 0 bridgehead atoms.